The van der Waals surface area contributed by atoms with E-state index >= 15 is 0 Å². The zero-order chi connectivity index (χ0) is 58.0. The van der Waals surface area contributed by atoms with Gasteiger partial charge in [0.2, 0.25) is 11.6 Å². The van der Waals surface area contributed by atoms with Gasteiger partial charge in [-0.3, -0.25) is 14.4 Å². The third kappa shape index (κ3) is 12.1. The third-order valence-electron chi connectivity index (χ3n) is 14.2. The van der Waals surface area contributed by atoms with Gasteiger partial charge in [0.05, 0.1) is 33.0 Å². The standard InChI is InChI=1S/C67H60N4O12/c1-6-71-56-28-24-45(65(70-83-43(5)73)49-17-11-9-15-42(49)4)37-52(56)53-39-47(25-29-57(53)71)66(75)62-58(74)18-12-19-59(62)80-34-32-77-30-31-78-33-35-81-61-21-13-20-60(79-7-2)63(61)67(76)46-23-27-55-51(38-46)50-36-44(22-26-54(50)68-55)64(69-82-40-72)48-16-10-8-14-41(48)3/h8-29,36-40,68,74H,6-7,30-35H2,1-5H3/b69-64-,70-65-. The number of ketones is 2. The summed E-state index contributed by atoms with van der Waals surface area (Å²) < 4.78 is 32.0. The van der Waals surface area contributed by atoms with Crippen LogP contribution in [0.4, 0.5) is 0 Å². The maximum atomic E-state index is 14.5. The van der Waals surface area contributed by atoms with E-state index in [1.807, 2.05) is 130 Å². The van der Waals surface area contributed by atoms with Gasteiger partial charge in [0.25, 0.3) is 0 Å². The number of benzene rings is 8. The molecule has 0 aliphatic heterocycles. The number of nitrogens with one attached hydrogen (secondary N) is 1. The summed E-state index contributed by atoms with van der Waals surface area (Å²) in [5, 5.41) is 22.9. The summed E-state index contributed by atoms with van der Waals surface area (Å²) in [6.07, 6.45) is 0. The molecular formula is C67H60N4O12. The van der Waals surface area contributed by atoms with Crippen LogP contribution in [0.5, 0.6) is 23.0 Å². The lowest BCUT2D eigenvalue weighted by Gasteiger charge is -2.15. The number of fused-ring (bicyclic) bond motifs is 6. The molecule has 0 aliphatic rings. The molecule has 10 rings (SSSR count). The number of aromatic nitrogens is 2. The molecule has 0 fully saturated rings. The highest BCUT2D eigenvalue weighted by atomic mass is 16.7. The molecule has 0 spiro atoms. The number of aryl methyl sites for hydroxylation is 3. The van der Waals surface area contributed by atoms with Crippen molar-refractivity contribution in [1.29, 1.82) is 0 Å². The fourth-order valence-electron chi connectivity index (χ4n) is 10.3. The molecule has 8 aromatic carbocycles. The summed E-state index contributed by atoms with van der Waals surface area (Å²) in [6.45, 7) is 11.5. The number of hydrogen-bond donors (Lipinski definition) is 2. The van der Waals surface area contributed by atoms with Crippen molar-refractivity contribution in [1.82, 2.24) is 9.55 Å². The minimum Gasteiger partial charge on any atom is -0.507 e. The Morgan fingerprint density at radius 2 is 1.00 bits per heavy atom. The first-order valence-corrected chi connectivity index (χ1v) is 27.2. The van der Waals surface area contributed by atoms with Crippen LogP contribution in [0.1, 0.15) is 86.0 Å². The maximum Gasteiger partial charge on any atom is 0.332 e. The van der Waals surface area contributed by atoms with E-state index in [2.05, 4.69) is 26.8 Å². The Balaban J connectivity index is 0.760. The van der Waals surface area contributed by atoms with E-state index in [0.29, 0.717) is 47.2 Å². The number of nitrogens with zero attached hydrogens (tertiary/aromatic N) is 3. The van der Waals surface area contributed by atoms with Crippen LogP contribution in [0.15, 0.2) is 168 Å². The molecule has 0 aliphatic carbocycles. The van der Waals surface area contributed by atoms with Crippen LogP contribution in [0, 0.1) is 13.8 Å². The largest absolute Gasteiger partial charge is 0.507 e. The Labute approximate surface area is 478 Å². The number of aromatic hydroxyl groups is 1. The van der Waals surface area contributed by atoms with Crippen molar-refractivity contribution >= 4 is 79.0 Å². The second-order valence-corrected chi connectivity index (χ2v) is 19.4. The van der Waals surface area contributed by atoms with Crippen LogP contribution in [-0.2, 0) is 35.3 Å². The first kappa shape index (κ1) is 56.4. The summed E-state index contributed by atoms with van der Waals surface area (Å²) in [6, 6.07) is 48.1. The molecule has 0 saturated heterocycles. The summed E-state index contributed by atoms with van der Waals surface area (Å²) in [4.78, 5) is 65.5. The number of oxime groups is 2. The molecule has 2 aromatic heterocycles. The average Bonchev–Trinajstić information content (AvgIpc) is 2.90. The highest BCUT2D eigenvalue weighted by Crippen LogP contribution is 2.37. The predicted octanol–water partition coefficient (Wildman–Crippen LogP) is 12.4. The average molecular weight is 1110 g/mol. The second kappa shape index (κ2) is 25.7. The lowest BCUT2D eigenvalue weighted by atomic mass is 9.96. The fourth-order valence-corrected chi connectivity index (χ4v) is 10.3. The lowest BCUT2D eigenvalue weighted by Crippen LogP contribution is -2.15. The van der Waals surface area contributed by atoms with Gasteiger partial charge in [-0.15, -0.1) is 0 Å². The van der Waals surface area contributed by atoms with Crippen LogP contribution >= 0.6 is 0 Å². The Bertz CT molecular complexity index is 4150. The Hall–Kier alpha value is -9.90. The normalized spacial score (nSPS) is 11.8. The summed E-state index contributed by atoms with van der Waals surface area (Å²) >= 11 is 0. The summed E-state index contributed by atoms with van der Waals surface area (Å²) in [7, 11) is 0. The quantitative estimate of drug-likeness (QED) is 0.0137. The van der Waals surface area contributed by atoms with Crippen molar-refractivity contribution in [3.05, 3.63) is 213 Å². The lowest BCUT2D eigenvalue weighted by molar-refractivity contribution is -0.141. The van der Waals surface area contributed by atoms with Crippen LogP contribution in [-0.4, -0.2) is 96.3 Å². The number of ether oxygens (including phenoxy) is 5. The number of carbonyl (C=O) groups excluding carboxylic acids is 4. The second-order valence-electron chi connectivity index (χ2n) is 19.4. The summed E-state index contributed by atoms with van der Waals surface area (Å²) in [5.74, 6) is -0.541. The van der Waals surface area contributed by atoms with Crippen molar-refractivity contribution in [3.8, 4) is 23.0 Å². The van der Waals surface area contributed by atoms with Crippen molar-refractivity contribution in [2.24, 2.45) is 10.3 Å². The van der Waals surface area contributed by atoms with Crippen LogP contribution in [0.3, 0.4) is 0 Å². The van der Waals surface area contributed by atoms with Gasteiger partial charge in [-0.05, 0) is 124 Å². The minimum atomic E-state index is -0.539. The minimum absolute atomic E-state index is 0.0233. The SMILES string of the molecule is CCOc1cccc(OCCOCCOCCOc2cccc(O)c2C(=O)c2ccc3c(c2)c2cc(/C(=N/OC(C)=O)c4ccccc4C)ccc2n3CC)c1C(=O)c1ccc2[nH]c3ccc(/C(=N/OC=O)c4ccccc4C)cc3c2c1. The third-order valence-corrected chi connectivity index (χ3v) is 14.2. The highest BCUT2D eigenvalue weighted by Gasteiger charge is 2.25. The first-order chi connectivity index (χ1) is 40.5. The van der Waals surface area contributed by atoms with Crippen LogP contribution < -0.4 is 14.2 Å². The maximum absolute atomic E-state index is 14.5. The van der Waals surface area contributed by atoms with Gasteiger partial charge in [-0.25, -0.2) is 4.79 Å². The van der Waals surface area contributed by atoms with Crippen molar-refractivity contribution < 1.29 is 57.6 Å². The van der Waals surface area contributed by atoms with E-state index < -0.39 is 11.8 Å². The zero-order valence-corrected chi connectivity index (χ0v) is 46.5. The van der Waals surface area contributed by atoms with Crippen molar-refractivity contribution in [2.75, 3.05) is 46.2 Å². The molecule has 0 bridgehead atoms. The molecule has 420 valence electrons. The van der Waals surface area contributed by atoms with E-state index in [9.17, 15) is 24.3 Å². The molecule has 16 nitrogen and oxygen atoms in total. The molecule has 0 saturated carbocycles. The van der Waals surface area contributed by atoms with Gasteiger partial charge in [0.15, 0.2) is 0 Å². The van der Waals surface area contributed by atoms with E-state index in [1.165, 1.54) is 13.0 Å². The molecule has 2 N–H and O–H groups in total. The zero-order valence-electron chi connectivity index (χ0n) is 46.5. The molecule has 10 aromatic rings. The molecule has 0 radical (unpaired) electrons. The van der Waals surface area contributed by atoms with E-state index in [0.717, 1.165) is 77.0 Å². The van der Waals surface area contributed by atoms with E-state index in [1.54, 1.807) is 42.5 Å². The van der Waals surface area contributed by atoms with Gasteiger partial charge in [-0.2, -0.15) is 0 Å². The van der Waals surface area contributed by atoms with E-state index in [-0.39, 0.29) is 74.5 Å². The number of phenolic OH excluding ortho intramolecular Hbond substituents is 1. The molecule has 2 heterocycles. The topological polar surface area (TPSA) is 199 Å². The number of H-pyrrole nitrogens is 1. The Kier molecular flexibility index (Phi) is 17.5. The predicted molar refractivity (Wildman–Crippen MR) is 319 cm³/mol. The van der Waals surface area contributed by atoms with E-state index in [4.69, 9.17) is 33.4 Å². The fraction of sp³-hybridized carbons (Fsp3) is 0.194. The van der Waals surface area contributed by atoms with Gasteiger partial charge < -0.3 is 48.0 Å². The van der Waals surface area contributed by atoms with Crippen molar-refractivity contribution in [3.63, 3.8) is 0 Å². The highest BCUT2D eigenvalue weighted by molar-refractivity contribution is 6.21. The summed E-state index contributed by atoms with van der Waals surface area (Å²) in [5.41, 5.74) is 10.6. The number of carbonyl (C=O) groups is 4. The number of aromatic amines is 1. The van der Waals surface area contributed by atoms with Crippen LogP contribution in [0.25, 0.3) is 43.6 Å². The number of phenols is 1. The molecule has 0 unspecified atom stereocenters. The molecule has 16 heteroatoms. The smallest absolute Gasteiger partial charge is 0.332 e. The molecule has 83 heavy (non-hydrogen) atoms. The first-order valence-electron chi connectivity index (χ1n) is 27.2. The van der Waals surface area contributed by atoms with Gasteiger partial charge in [0.1, 0.15) is 58.8 Å². The Morgan fingerprint density at radius 1 is 0.530 bits per heavy atom. The number of rotatable bonds is 25. The van der Waals surface area contributed by atoms with Gasteiger partial charge in [-0.1, -0.05) is 83.1 Å². The number of hydrogen-bond acceptors (Lipinski definition) is 14. The Morgan fingerprint density at radius 3 is 1.57 bits per heavy atom. The van der Waals surface area contributed by atoms with Crippen LogP contribution in [0.2, 0.25) is 0 Å². The van der Waals surface area contributed by atoms with Gasteiger partial charge in [0, 0.05) is 90.5 Å². The molecule has 0 atom stereocenters. The monoisotopic (exact) mass is 1110 g/mol. The molecule has 0 amide bonds. The van der Waals surface area contributed by atoms with Crippen molar-refractivity contribution in [2.45, 2.75) is 41.2 Å². The molecular weight excluding hydrogens is 1050 g/mol. The van der Waals surface area contributed by atoms with Gasteiger partial charge >= 0.3 is 12.4 Å².